The first kappa shape index (κ1) is 11.6. The van der Waals surface area contributed by atoms with Crippen molar-refractivity contribution in [1.29, 1.82) is 0 Å². The largest absolute Gasteiger partial charge is 0.355 e. The van der Waals surface area contributed by atoms with Crippen LogP contribution in [0.25, 0.3) is 0 Å². The quantitative estimate of drug-likeness (QED) is 0.625. The molecule has 1 rings (SSSR count). The number of azo groups is 1. The Kier molecular flexibility index (Phi) is 3.65. The van der Waals surface area contributed by atoms with Crippen LogP contribution in [-0.4, -0.2) is 18.4 Å². The molecule has 0 saturated heterocycles. The molecule has 1 aliphatic rings. The number of ether oxygens (including phenoxy) is 1. The highest BCUT2D eigenvalue weighted by Crippen LogP contribution is 2.33. The number of hydrogen-bond acceptors (Lipinski definition) is 3. The zero-order valence-corrected chi connectivity index (χ0v) is 9.84. The van der Waals surface area contributed by atoms with Crippen molar-refractivity contribution in [2.24, 2.45) is 10.2 Å². The van der Waals surface area contributed by atoms with Crippen molar-refractivity contribution in [2.75, 3.05) is 7.11 Å². The van der Waals surface area contributed by atoms with Gasteiger partial charge in [-0.1, -0.05) is 6.42 Å². The highest BCUT2D eigenvalue weighted by Gasteiger charge is 2.32. The predicted octanol–water partition coefficient (Wildman–Crippen LogP) is 3.54. The van der Waals surface area contributed by atoms with Crippen molar-refractivity contribution in [3.05, 3.63) is 0 Å². The maximum atomic E-state index is 5.51. The van der Waals surface area contributed by atoms with Crippen LogP contribution in [0, 0.1) is 0 Å². The van der Waals surface area contributed by atoms with Crippen LogP contribution < -0.4 is 0 Å². The van der Waals surface area contributed by atoms with Gasteiger partial charge in [-0.3, -0.25) is 0 Å². The van der Waals surface area contributed by atoms with Crippen molar-refractivity contribution in [1.82, 2.24) is 0 Å². The summed E-state index contributed by atoms with van der Waals surface area (Å²) in [5.74, 6) is 0. The summed E-state index contributed by atoms with van der Waals surface area (Å²) in [4.78, 5) is 0. The van der Waals surface area contributed by atoms with Gasteiger partial charge in [0.25, 0.3) is 0 Å². The van der Waals surface area contributed by atoms with E-state index in [4.69, 9.17) is 4.74 Å². The van der Waals surface area contributed by atoms with Gasteiger partial charge in [0.1, 0.15) is 0 Å². The van der Waals surface area contributed by atoms with Crippen LogP contribution in [0.2, 0.25) is 0 Å². The van der Waals surface area contributed by atoms with Gasteiger partial charge in [-0.2, -0.15) is 10.2 Å². The molecule has 82 valence electrons. The van der Waals surface area contributed by atoms with Crippen molar-refractivity contribution in [3.63, 3.8) is 0 Å². The lowest BCUT2D eigenvalue weighted by Gasteiger charge is -2.31. The van der Waals surface area contributed by atoms with Gasteiger partial charge in [-0.15, -0.1) is 0 Å². The van der Waals surface area contributed by atoms with Crippen LogP contribution in [0.15, 0.2) is 10.2 Å². The molecule has 3 heteroatoms. The minimum absolute atomic E-state index is 0.0943. The number of hydrogen-bond donors (Lipinski definition) is 0. The van der Waals surface area contributed by atoms with Gasteiger partial charge in [0.05, 0.1) is 5.54 Å². The first-order chi connectivity index (χ1) is 6.47. The van der Waals surface area contributed by atoms with E-state index < -0.39 is 0 Å². The Bertz CT molecular complexity index is 200. The van der Waals surface area contributed by atoms with E-state index in [0.717, 1.165) is 12.8 Å². The monoisotopic (exact) mass is 198 g/mol. The maximum absolute atomic E-state index is 5.51. The zero-order chi connectivity index (χ0) is 10.7. The molecule has 1 saturated carbocycles. The third-order valence-corrected chi connectivity index (χ3v) is 2.55. The molecule has 3 nitrogen and oxygen atoms in total. The second-order valence-corrected chi connectivity index (χ2v) is 5.08. The molecule has 0 unspecified atom stereocenters. The van der Waals surface area contributed by atoms with Crippen LogP contribution in [-0.2, 0) is 4.74 Å². The average molecular weight is 198 g/mol. The van der Waals surface area contributed by atoms with Crippen molar-refractivity contribution >= 4 is 0 Å². The van der Waals surface area contributed by atoms with Crippen LogP contribution in [0.3, 0.4) is 0 Å². The maximum Gasteiger partial charge on any atom is 0.178 e. The van der Waals surface area contributed by atoms with Gasteiger partial charge in [-0.25, -0.2) is 0 Å². The van der Waals surface area contributed by atoms with Crippen molar-refractivity contribution in [3.8, 4) is 0 Å². The molecule has 0 N–H and O–H groups in total. The molecule has 0 atom stereocenters. The normalized spacial score (nSPS) is 22.9. The second kappa shape index (κ2) is 4.39. The number of rotatable bonds is 2. The Morgan fingerprint density at radius 3 is 2.07 bits per heavy atom. The van der Waals surface area contributed by atoms with Gasteiger partial charge in [0.2, 0.25) is 0 Å². The molecule has 14 heavy (non-hydrogen) atoms. The SMILES string of the molecule is COC1(/N=N/C(C)(C)C)CCCCC1. The third-order valence-electron chi connectivity index (χ3n) is 2.55. The Morgan fingerprint density at radius 1 is 1.07 bits per heavy atom. The van der Waals surface area contributed by atoms with E-state index in [2.05, 4.69) is 31.0 Å². The van der Waals surface area contributed by atoms with E-state index >= 15 is 0 Å². The van der Waals surface area contributed by atoms with Crippen LogP contribution in [0.1, 0.15) is 52.9 Å². The van der Waals surface area contributed by atoms with Crippen molar-refractivity contribution in [2.45, 2.75) is 64.1 Å². The minimum atomic E-state index is -0.314. The fourth-order valence-electron chi connectivity index (χ4n) is 1.69. The summed E-state index contributed by atoms with van der Waals surface area (Å²) < 4.78 is 5.51. The standard InChI is InChI=1S/C11H22N2O/c1-10(2,3)12-13-11(14-4)8-6-5-7-9-11/h5-9H2,1-4H3/b13-12+. The summed E-state index contributed by atoms with van der Waals surface area (Å²) in [5.41, 5.74) is -0.408. The van der Waals surface area contributed by atoms with E-state index in [1.807, 2.05) is 0 Å². The average Bonchev–Trinajstić information content (AvgIpc) is 2.15. The third kappa shape index (κ3) is 3.37. The Labute approximate surface area is 86.9 Å². The highest BCUT2D eigenvalue weighted by atomic mass is 16.5. The number of methoxy groups -OCH3 is 1. The molecule has 0 aliphatic heterocycles. The van der Waals surface area contributed by atoms with E-state index in [-0.39, 0.29) is 11.3 Å². The Balaban J connectivity index is 2.65. The molecule has 0 aromatic heterocycles. The molecular formula is C11H22N2O. The van der Waals surface area contributed by atoms with Gasteiger partial charge < -0.3 is 4.74 Å². The van der Waals surface area contributed by atoms with Crippen LogP contribution >= 0.6 is 0 Å². The molecule has 0 spiro atoms. The summed E-state index contributed by atoms with van der Waals surface area (Å²) in [7, 11) is 1.74. The zero-order valence-electron chi connectivity index (χ0n) is 9.84. The summed E-state index contributed by atoms with van der Waals surface area (Å²) in [6.45, 7) is 6.17. The van der Waals surface area contributed by atoms with Gasteiger partial charge >= 0.3 is 0 Å². The fourth-order valence-corrected chi connectivity index (χ4v) is 1.69. The number of nitrogens with zero attached hydrogens (tertiary/aromatic N) is 2. The second-order valence-electron chi connectivity index (χ2n) is 5.08. The van der Waals surface area contributed by atoms with Gasteiger partial charge in [-0.05, 0) is 46.5 Å². The molecule has 1 fully saturated rings. The molecule has 0 bridgehead atoms. The summed E-state index contributed by atoms with van der Waals surface area (Å²) >= 11 is 0. The Morgan fingerprint density at radius 2 is 1.64 bits per heavy atom. The molecule has 0 aromatic carbocycles. The van der Waals surface area contributed by atoms with Crippen LogP contribution in [0.5, 0.6) is 0 Å². The lowest BCUT2D eigenvalue weighted by molar-refractivity contribution is -0.0392. The topological polar surface area (TPSA) is 34.0 Å². The first-order valence-corrected chi connectivity index (χ1v) is 5.47. The summed E-state index contributed by atoms with van der Waals surface area (Å²) in [6, 6.07) is 0. The minimum Gasteiger partial charge on any atom is -0.355 e. The lowest BCUT2D eigenvalue weighted by atomic mass is 9.92. The smallest absolute Gasteiger partial charge is 0.178 e. The molecule has 0 aromatic rings. The Hall–Kier alpha value is -0.440. The van der Waals surface area contributed by atoms with E-state index in [0.29, 0.717) is 0 Å². The van der Waals surface area contributed by atoms with Crippen molar-refractivity contribution < 1.29 is 4.74 Å². The fraction of sp³-hybridized carbons (Fsp3) is 1.00. The molecule has 0 radical (unpaired) electrons. The van der Waals surface area contributed by atoms with Gasteiger partial charge in [0.15, 0.2) is 5.72 Å². The predicted molar refractivity (Wildman–Crippen MR) is 57.4 cm³/mol. The van der Waals surface area contributed by atoms with Gasteiger partial charge in [0, 0.05) is 7.11 Å². The van der Waals surface area contributed by atoms with E-state index in [1.54, 1.807) is 7.11 Å². The first-order valence-electron chi connectivity index (χ1n) is 5.47. The highest BCUT2D eigenvalue weighted by molar-refractivity contribution is 4.81. The van der Waals surface area contributed by atoms with E-state index in [1.165, 1.54) is 19.3 Å². The lowest BCUT2D eigenvalue weighted by Crippen LogP contribution is -2.31. The molecule has 0 amide bonds. The van der Waals surface area contributed by atoms with Crippen LogP contribution in [0.4, 0.5) is 0 Å². The summed E-state index contributed by atoms with van der Waals surface area (Å²) in [6.07, 6.45) is 5.75. The summed E-state index contributed by atoms with van der Waals surface area (Å²) in [5, 5.41) is 8.73. The van der Waals surface area contributed by atoms with E-state index in [9.17, 15) is 0 Å². The molecular weight excluding hydrogens is 176 g/mol. The molecule has 0 heterocycles. The molecule has 1 aliphatic carbocycles.